The number of nitrogens with one attached hydrogen (secondary N) is 1. The zero-order valence-corrected chi connectivity index (χ0v) is 8.27. The Morgan fingerprint density at radius 1 is 1.67 bits per heavy atom. The van der Waals surface area contributed by atoms with Crippen molar-refractivity contribution in [2.75, 3.05) is 26.7 Å². The fourth-order valence-corrected chi connectivity index (χ4v) is 1.54. The van der Waals surface area contributed by atoms with Crippen molar-refractivity contribution in [3.8, 4) is 0 Å². The summed E-state index contributed by atoms with van der Waals surface area (Å²) in [4.78, 5) is 2.34. The van der Waals surface area contributed by atoms with Crippen LogP contribution in [0.15, 0.2) is 12.2 Å². The molecular formula is C10H20N2. The van der Waals surface area contributed by atoms with Crippen LogP contribution in [0.25, 0.3) is 0 Å². The molecule has 2 nitrogen and oxygen atoms in total. The smallest absolute Gasteiger partial charge is 0.0289 e. The first-order chi connectivity index (χ1) is 5.74. The van der Waals surface area contributed by atoms with Crippen LogP contribution in [-0.2, 0) is 0 Å². The molecule has 1 fully saturated rings. The lowest BCUT2D eigenvalue weighted by molar-refractivity contribution is 0.335. The van der Waals surface area contributed by atoms with Crippen LogP contribution in [0.5, 0.6) is 0 Å². The Morgan fingerprint density at radius 2 is 2.42 bits per heavy atom. The summed E-state index contributed by atoms with van der Waals surface area (Å²) in [5.74, 6) is 0. The molecule has 0 radical (unpaired) electrons. The molecule has 12 heavy (non-hydrogen) atoms. The van der Waals surface area contributed by atoms with E-state index in [0.29, 0.717) is 6.04 Å². The van der Waals surface area contributed by atoms with E-state index in [4.69, 9.17) is 0 Å². The molecular weight excluding hydrogens is 148 g/mol. The van der Waals surface area contributed by atoms with Crippen LogP contribution >= 0.6 is 0 Å². The molecule has 0 saturated carbocycles. The van der Waals surface area contributed by atoms with Crippen LogP contribution in [0.4, 0.5) is 0 Å². The van der Waals surface area contributed by atoms with Gasteiger partial charge in [0.25, 0.3) is 0 Å². The summed E-state index contributed by atoms with van der Waals surface area (Å²) in [6.07, 6.45) is 2.38. The Morgan fingerprint density at radius 3 is 2.92 bits per heavy atom. The summed E-state index contributed by atoms with van der Waals surface area (Å²) in [6, 6.07) is 0.582. The van der Waals surface area contributed by atoms with Crippen LogP contribution in [0.3, 0.4) is 0 Å². The van der Waals surface area contributed by atoms with Gasteiger partial charge in [-0.25, -0.2) is 0 Å². The lowest BCUT2D eigenvalue weighted by atomic mass is 10.1. The van der Waals surface area contributed by atoms with Crippen LogP contribution in [-0.4, -0.2) is 37.6 Å². The van der Waals surface area contributed by atoms with Gasteiger partial charge in [0.1, 0.15) is 0 Å². The minimum absolute atomic E-state index is 0.582. The Bertz CT molecular complexity index is 154. The molecule has 0 aromatic carbocycles. The van der Waals surface area contributed by atoms with E-state index in [1.807, 2.05) is 0 Å². The van der Waals surface area contributed by atoms with Crippen LogP contribution in [0.2, 0.25) is 0 Å². The van der Waals surface area contributed by atoms with Crippen molar-refractivity contribution in [1.29, 1.82) is 0 Å². The second-order valence-electron chi connectivity index (χ2n) is 3.60. The molecule has 0 bridgehead atoms. The van der Waals surface area contributed by atoms with E-state index in [1.165, 1.54) is 25.0 Å². The zero-order chi connectivity index (χ0) is 8.97. The second-order valence-corrected chi connectivity index (χ2v) is 3.60. The molecule has 0 aromatic heterocycles. The molecule has 0 spiro atoms. The van der Waals surface area contributed by atoms with Gasteiger partial charge < -0.3 is 10.2 Å². The second kappa shape index (κ2) is 4.63. The molecule has 1 aliphatic heterocycles. The summed E-state index contributed by atoms with van der Waals surface area (Å²) < 4.78 is 0. The largest absolute Gasteiger partial charge is 0.310 e. The molecule has 1 rings (SSSR count). The lowest BCUT2D eigenvalue weighted by Crippen LogP contribution is -2.29. The number of rotatable bonds is 4. The summed E-state index contributed by atoms with van der Waals surface area (Å²) in [5, 5.41) is 3.46. The molecule has 1 unspecified atom stereocenters. The van der Waals surface area contributed by atoms with E-state index in [9.17, 15) is 0 Å². The van der Waals surface area contributed by atoms with Crippen molar-refractivity contribution in [2.24, 2.45) is 0 Å². The number of hydrogen-bond donors (Lipinski definition) is 1. The fraction of sp³-hybridized carbons (Fsp3) is 0.800. The first kappa shape index (κ1) is 9.75. The molecule has 1 heterocycles. The zero-order valence-electron chi connectivity index (χ0n) is 8.27. The van der Waals surface area contributed by atoms with Crippen molar-refractivity contribution in [1.82, 2.24) is 10.2 Å². The standard InChI is InChI=1S/C10H20N2/c1-4-12(3)8-6-10-9(2)5-7-11-10/h10-11H,2,4-8H2,1,3H3. The van der Waals surface area contributed by atoms with Crippen LogP contribution in [0.1, 0.15) is 19.8 Å². The van der Waals surface area contributed by atoms with Crippen molar-refractivity contribution < 1.29 is 0 Å². The predicted molar refractivity (Wildman–Crippen MR) is 53.3 cm³/mol. The monoisotopic (exact) mass is 168 g/mol. The van der Waals surface area contributed by atoms with Gasteiger partial charge in [-0.15, -0.1) is 0 Å². The molecule has 2 heteroatoms. The SMILES string of the molecule is C=C1CCNC1CCN(C)CC. The Hall–Kier alpha value is -0.340. The topological polar surface area (TPSA) is 15.3 Å². The van der Waals surface area contributed by atoms with E-state index in [-0.39, 0.29) is 0 Å². The van der Waals surface area contributed by atoms with E-state index in [2.05, 4.69) is 30.8 Å². The average molecular weight is 168 g/mol. The van der Waals surface area contributed by atoms with Gasteiger partial charge in [-0.1, -0.05) is 19.1 Å². The maximum absolute atomic E-state index is 4.06. The average Bonchev–Trinajstić information content (AvgIpc) is 2.47. The normalized spacial score (nSPS) is 23.9. The van der Waals surface area contributed by atoms with Crippen LogP contribution < -0.4 is 5.32 Å². The third-order valence-corrected chi connectivity index (χ3v) is 2.67. The first-order valence-corrected chi connectivity index (χ1v) is 4.83. The fourth-order valence-electron chi connectivity index (χ4n) is 1.54. The van der Waals surface area contributed by atoms with Gasteiger partial charge in [-0.05, 0) is 39.5 Å². The number of hydrogen-bond acceptors (Lipinski definition) is 2. The molecule has 0 aromatic rings. The van der Waals surface area contributed by atoms with Crippen molar-refractivity contribution >= 4 is 0 Å². The van der Waals surface area contributed by atoms with E-state index >= 15 is 0 Å². The first-order valence-electron chi connectivity index (χ1n) is 4.83. The lowest BCUT2D eigenvalue weighted by Gasteiger charge is -2.17. The van der Waals surface area contributed by atoms with Gasteiger partial charge in [-0.3, -0.25) is 0 Å². The van der Waals surface area contributed by atoms with E-state index < -0.39 is 0 Å². The third kappa shape index (κ3) is 2.61. The highest BCUT2D eigenvalue weighted by Gasteiger charge is 2.17. The van der Waals surface area contributed by atoms with E-state index in [0.717, 1.165) is 13.1 Å². The number of nitrogens with zero attached hydrogens (tertiary/aromatic N) is 1. The molecule has 0 amide bonds. The Balaban J connectivity index is 2.18. The molecule has 1 saturated heterocycles. The predicted octanol–water partition coefficient (Wildman–Crippen LogP) is 1.25. The molecule has 70 valence electrons. The van der Waals surface area contributed by atoms with Crippen molar-refractivity contribution in [3.63, 3.8) is 0 Å². The van der Waals surface area contributed by atoms with Gasteiger partial charge in [0.15, 0.2) is 0 Å². The van der Waals surface area contributed by atoms with Gasteiger partial charge >= 0.3 is 0 Å². The van der Waals surface area contributed by atoms with Crippen molar-refractivity contribution in [2.45, 2.75) is 25.8 Å². The summed E-state index contributed by atoms with van der Waals surface area (Å²) in [7, 11) is 2.16. The highest BCUT2D eigenvalue weighted by molar-refractivity contribution is 5.10. The quantitative estimate of drug-likeness (QED) is 0.635. The Kier molecular flexibility index (Phi) is 3.76. The van der Waals surface area contributed by atoms with Crippen molar-refractivity contribution in [3.05, 3.63) is 12.2 Å². The highest BCUT2D eigenvalue weighted by Crippen LogP contribution is 2.14. The summed E-state index contributed by atoms with van der Waals surface area (Å²) in [6.45, 7) is 9.69. The Labute approximate surface area is 75.6 Å². The van der Waals surface area contributed by atoms with Crippen LogP contribution in [0, 0.1) is 0 Å². The van der Waals surface area contributed by atoms with Gasteiger partial charge in [-0.2, -0.15) is 0 Å². The molecule has 1 N–H and O–H groups in total. The van der Waals surface area contributed by atoms with Gasteiger partial charge in [0.05, 0.1) is 0 Å². The third-order valence-electron chi connectivity index (χ3n) is 2.67. The maximum Gasteiger partial charge on any atom is 0.0289 e. The van der Waals surface area contributed by atoms with Gasteiger partial charge in [0.2, 0.25) is 0 Å². The summed E-state index contributed by atoms with van der Waals surface area (Å²) >= 11 is 0. The highest BCUT2D eigenvalue weighted by atomic mass is 15.1. The minimum Gasteiger partial charge on any atom is -0.310 e. The van der Waals surface area contributed by atoms with Gasteiger partial charge in [0, 0.05) is 6.04 Å². The molecule has 0 aliphatic carbocycles. The minimum atomic E-state index is 0.582. The molecule has 1 atom stereocenters. The maximum atomic E-state index is 4.06. The van der Waals surface area contributed by atoms with E-state index in [1.54, 1.807) is 0 Å². The summed E-state index contributed by atoms with van der Waals surface area (Å²) in [5.41, 5.74) is 1.39. The molecule has 1 aliphatic rings.